The van der Waals surface area contributed by atoms with Crippen LogP contribution in [-0.4, -0.2) is 35.3 Å². The quantitative estimate of drug-likeness (QED) is 0.792. The summed E-state index contributed by atoms with van der Waals surface area (Å²) in [5, 5.41) is 12.3. The molecule has 1 aliphatic rings. The number of carbonyl (C=O) groups is 1. The number of aliphatic hydroxyl groups is 1. The van der Waals surface area contributed by atoms with E-state index in [1.807, 2.05) is 0 Å². The van der Waals surface area contributed by atoms with Crippen molar-refractivity contribution in [3.05, 3.63) is 12.0 Å². The van der Waals surface area contributed by atoms with Crippen LogP contribution in [0.25, 0.3) is 0 Å². The molecule has 0 aliphatic heterocycles. The summed E-state index contributed by atoms with van der Waals surface area (Å²) in [7, 11) is 0. The molecule has 1 aromatic rings. The van der Waals surface area contributed by atoms with Gasteiger partial charge in [0.2, 0.25) is 5.76 Å². The first-order valence-electron chi connectivity index (χ1n) is 6.73. The number of esters is 1. The molecule has 0 amide bonds. The number of nitrogens with zero attached hydrogens (tertiary/aromatic N) is 1. The Bertz CT molecular complexity index is 419. The molecule has 0 radical (unpaired) electrons. The molecule has 106 valence electrons. The number of ether oxygens (including phenoxy) is 1. The second kappa shape index (κ2) is 6.56. The van der Waals surface area contributed by atoms with Gasteiger partial charge in [0.25, 0.3) is 6.01 Å². The standard InChI is InChI=1S/C13H20N2O4/c1-2-18-12(17)11-7-14-13(19-11)15-10-5-3-4-9(6-10)8-16/h7,9-10,16H,2-6,8H2,1H3,(H,14,15)/t9-,10+/m0/s1. The summed E-state index contributed by atoms with van der Waals surface area (Å²) < 4.78 is 10.1. The van der Waals surface area contributed by atoms with Crippen molar-refractivity contribution in [1.82, 2.24) is 4.98 Å². The van der Waals surface area contributed by atoms with Crippen LogP contribution in [0.4, 0.5) is 6.01 Å². The maximum absolute atomic E-state index is 11.4. The number of carbonyl (C=O) groups excluding carboxylic acids is 1. The largest absolute Gasteiger partial charge is 0.460 e. The van der Waals surface area contributed by atoms with Gasteiger partial charge in [-0.2, -0.15) is 0 Å². The van der Waals surface area contributed by atoms with E-state index in [0.29, 0.717) is 18.5 Å². The van der Waals surface area contributed by atoms with Crippen molar-refractivity contribution < 1.29 is 19.1 Å². The molecule has 2 atom stereocenters. The second-order valence-electron chi connectivity index (χ2n) is 4.81. The van der Waals surface area contributed by atoms with Crippen LogP contribution in [0.2, 0.25) is 0 Å². The molecule has 1 saturated carbocycles. The van der Waals surface area contributed by atoms with Gasteiger partial charge in [-0.05, 0) is 32.1 Å². The Balaban J connectivity index is 1.90. The lowest BCUT2D eigenvalue weighted by atomic mass is 9.86. The van der Waals surface area contributed by atoms with Crippen molar-refractivity contribution in [1.29, 1.82) is 0 Å². The summed E-state index contributed by atoms with van der Waals surface area (Å²) in [5.41, 5.74) is 0. The van der Waals surface area contributed by atoms with E-state index in [2.05, 4.69) is 10.3 Å². The zero-order valence-electron chi connectivity index (χ0n) is 11.1. The van der Waals surface area contributed by atoms with E-state index >= 15 is 0 Å². The van der Waals surface area contributed by atoms with Gasteiger partial charge in [-0.1, -0.05) is 6.42 Å². The molecule has 1 fully saturated rings. The van der Waals surface area contributed by atoms with Crippen molar-refractivity contribution in [3.8, 4) is 0 Å². The van der Waals surface area contributed by atoms with Crippen molar-refractivity contribution in [2.24, 2.45) is 5.92 Å². The van der Waals surface area contributed by atoms with Gasteiger partial charge in [0.1, 0.15) is 0 Å². The van der Waals surface area contributed by atoms with Crippen LogP contribution in [0.1, 0.15) is 43.2 Å². The highest BCUT2D eigenvalue weighted by atomic mass is 16.5. The third-order valence-corrected chi connectivity index (χ3v) is 3.35. The summed E-state index contributed by atoms with van der Waals surface area (Å²) in [5.74, 6) is -0.0514. The predicted molar refractivity (Wildman–Crippen MR) is 68.9 cm³/mol. The maximum atomic E-state index is 11.4. The van der Waals surface area contributed by atoms with Crippen LogP contribution in [0, 0.1) is 5.92 Å². The van der Waals surface area contributed by atoms with Crippen LogP contribution in [0.3, 0.4) is 0 Å². The first-order valence-corrected chi connectivity index (χ1v) is 6.73. The van der Waals surface area contributed by atoms with E-state index in [4.69, 9.17) is 9.15 Å². The topological polar surface area (TPSA) is 84.6 Å². The van der Waals surface area contributed by atoms with Crippen molar-refractivity contribution in [2.75, 3.05) is 18.5 Å². The number of nitrogens with one attached hydrogen (secondary N) is 1. The van der Waals surface area contributed by atoms with Gasteiger partial charge in [-0.3, -0.25) is 0 Å². The number of aliphatic hydroxyl groups excluding tert-OH is 1. The number of hydrogen-bond donors (Lipinski definition) is 2. The van der Waals surface area contributed by atoms with E-state index < -0.39 is 5.97 Å². The zero-order chi connectivity index (χ0) is 13.7. The summed E-state index contributed by atoms with van der Waals surface area (Å²) in [6.07, 6.45) is 5.43. The van der Waals surface area contributed by atoms with E-state index in [9.17, 15) is 9.90 Å². The van der Waals surface area contributed by atoms with Crippen molar-refractivity contribution in [2.45, 2.75) is 38.6 Å². The Morgan fingerprint density at radius 1 is 1.63 bits per heavy atom. The highest BCUT2D eigenvalue weighted by Crippen LogP contribution is 2.26. The highest BCUT2D eigenvalue weighted by molar-refractivity contribution is 5.86. The number of hydrogen-bond acceptors (Lipinski definition) is 6. The van der Waals surface area contributed by atoms with Gasteiger partial charge in [0, 0.05) is 12.6 Å². The molecule has 1 aromatic heterocycles. The fraction of sp³-hybridized carbons (Fsp3) is 0.692. The second-order valence-corrected chi connectivity index (χ2v) is 4.81. The molecule has 0 spiro atoms. The van der Waals surface area contributed by atoms with E-state index in [1.54, 1.807) is 6.92 Å². The minimum atomic E-state index is -0.500. The van der Waals surface area contributed by atoms with Crippen LogP contribution >= 0.6 is 0 Å². The molecule has 1 heterocycles. The van der Waals surface area contributed by atoms with Crippen LogP contribution < -0.4 is 5.32 Å². The fourth-order valence-corrected chi connectivity index (χ4v) is 2.40. The van der Waals surface area contributed by atoms with Gasteiger partial charge >= 0.3 is 5.97 Å². The molecule has 0 unspecified atom stereocenters. The summed E-state index contributed by atoms with van der Waals surface area (Å²) in [6.45, 7) is 2.27. The number of anilines is 1. The molecule has 0 aromatic carbocycles. The third-order valence-electron chi connectivity index (χ3n) is 3.35. The lowest BCUT2D eigenvalue weighted by molar-refractivity contribution is 0.0491. The van der Waals surface area contributed by atoms with E-state index in [-0.39, 0.29) is 18.4 Å². The summed E-state index contributed by atoms with van der Waals surface area (Å²) in [4.78, 5) is 15.5. The zero-order valence-corrected chi connectivity index (χ0v) is 11.1. The first kappa shape index (κ1) is 13.9. The molecule has 0 saturated heterocycles. The number of rotatable bonds is 5. The van der Waals surface area contributed by atoms with Gasteiger partial charge in [-0.15, -0.1) is 0 Å². The maximum Gasteiger partial charge on any atom is 0.376 e. The number of oxazole rings is 1. The lowest BCUT2D eigenvalue weighted by Crippen LogP contribution is -2.28. The average molecular weight is 268 g/mol. The molecule has 0 bridgehead atoms. The van der Waals surface area contributed by atoms with Crippen LogP contribution in [0.5, 0.6) is 0 Å². The molecular formula is C13H20N2O4. The molecule has 1 aliphatic carbocycles. The Kier molecular flexibility index (Phi) is 4.79. The van der Waals surface area contributed by atoms with Crippen LogP contribution in [-0.2, 0) is 4.74 Å². The highest BCUT2D eigenvalue weighted by Gasteiger charge is 2.23. The molecule has 19 heavy (non-hydrogen) atoms. The minimum absolute atomic E-state index is 0.110. The summed E-state index contributed by atoms with van der Waals surface area (Å²) >= 11 is 0. The van der Waals surface area contributed by atoms with Crippen molar-refractivity contribution in [3.63, 3.8) is 0 Å². The molecule has 2 rings (SSSR count). The smallest absolute Gasteiger partial charge is 0.376 e. The Morgan fingerprint density at radius 2 is 2.47 bits per heavy atom. The molecule has 6 heteroatoms. The van der Waals surface area contributed by atoms with Gasteiger partial charge in [0.15, 0.2) is 0 Å². The van der Waals surface area contributed by atoms with Gasteiger partial charge in [0.05, 0.1) is 12.8 Å². The Morgan fingerprint density at radius 3 is 3.21 bits per heavy atom. The average Bonchev–Trinajstić information content (AvgIpc) is 2.88. The normalized spacial score (nSPS) is 23.1. The third kappa shape index (κ3) is 3.70. The Hall–Kier alpha value is -1.56. The van der Waals surface area contributed by atoms with Gasteiger partial charge < -0.3 is 19.6 Å². The van der Waals surface area contributed by atoms with Crippen LogP contribution in [0.15, 0.2) is 10.6 Å². The Labute approximate surface area is 112 Å². The van der Waals surface area contributed by atoms with Gasteiger partial charge in [-0.25, -0.2) is 9.78 Å². The molecule has 6 nitrogen and oxygen atoms in total. The lowest BCUT2D eigenvalue weighted by Gasteiger charge is -2.27. The fourth-order valence-electron chi connectivity index (χ4n) is 2.40. The monoisotopic (exact) mass is 268 g/mol. The van der Waals surface area contributed by atoms with E-state index in [0.717, 1.165) is 25.7 Å². The molecular weight excluding hydrogens is 248 g/mol. The number of aromatic nitrogens is 1. The molecule has 2 N–H and O–H groups in total. The van der Waals surface area contributed by atoms with E-state index in [1.165, 1.54) is 6.20 Å². The predicted octanol–water partition coefficient (Wildman–Crippen LogP) is 1.81. The SMILES string of the molecule is CCOC(=O)c1cnc(N[C@@H]2CCC[C@H](CO)C2)o1. The minimum Gasteiger partial charge on any atom is -0.460 e. The first-order chi connectivity index (χ1) is 9.22. The van der Waals surface area contributed by atoms with Crippen molar-refractivity contribution >= 4 is 12.0 Å². The summed E-state index contributed by atoms with van der Waals surface area (Å²) in [6, 6.07) is 0.575.